The minimum absolute atomic E-state index is 0.175. The van der Waals surface area contributed by atoms with Crippen LogP contribution in [-0.2, 0) is 16.1 Å². The third kappa shape index (κ3) is 4.77. The molecule has 1 atom stereocenters. The molecule has 28 heavy (non-hydrogen) atoms. The van der Waals surface area contributed by atoms with Crippen LogP contribution in [0.15, 0.2) is 42.5 Å². The van der Waals surface area contributed by atoms with Gasteiger partial charge in [0.05, 0.1) is 6.04 Å². The lowest BCUT2D eigenvalue weighted by molar-refractivity contribution is -0.139. The Balaban J connectivity index is 1.51. The molecule has 0 bridgehead atoms. The van der Waals surface area contributed by atoms with Crippen molar-refractivity contribution < 1.29 is 23.5 Å². The number of hydrogen-bond donors (Lipinski definition) is 2. The molecule has 0 unspecified atom stereocenters. The summed E-state index contributed by atoms with van der Waals surface area (Å²) >= 11 is 0. The van der Waals surface area contributed by atoms with Crippen LogP contribution in [0.1, 0.15) is 17.2 Å². The van der Waals surface area contributed by atoms with Gasteiger partial charge in [-0.2, -0.15) is 0 Å². The van der Waals surface area contributed by atoms with E-state index in [9.17, 15) is 14.0 Å². The number of nitrogens with zero attached hydrogens (tertiary/aromatic N) is 1. The first-order valence-electron chi connectivity index (χ1n) is 8.80. The minimum atomic E-state index is -0.728. The van der Waals surface area contributed by atoms with Crippen LogP contribution in [-0.4, -0.2) is 44.1 Å². The second kappa shape index (κ2) is 8.71. The molecule has 2 N–H and O–H groups in total. The molecule has 0 fully saturated rings. The Hall–Kier alpha value is -3.13. The summed E-state index contributed by atoms with van der Waals surface area (Å²) in [6, 6.07) is 11.2. The number of carbonyl (C=O) groups is 2. The number of amides is 2. The van der Waals surface area contributed by atoms with Crippen molar-refractivity contribution in [2.24, 2.45) is 0 Å². The fourth-order valence-corrected chi connectivity index (χ4v) is 2.87. The first-order chi connectivity index (χ1) is 13.4. The molecule has 0 aliphatic carbocycles. The van der Waals surface area contributed by atoms with Gasteiger partial charge in [-0.25, -0.2) is 4.39 Å². The highest BCUT2D eigenvalue weighted by molar-refractivity contribution is 6.35. The summed E-state index contributed by atoms with van der Waals surface area (Å²) in [7, 11) is 3.69. The molecular formula is C20H22FN3O4. The first kappa shape index (κ1) is 19.6. The number of carbonyl (C=O) groups excluding carboxylic acids is 2. The van der Waals surface area contributed by atoms with Crippen LogP contribution in [0.25, 0.3) is 0 Å². The Morgan fingerprint density at radius 1 is 1.04 bits per heavy atom. The molecular weight excluding hydrogens is 365 g/mol. The van der Waals surface area contributed by atoms with E-state index in [1.807, 2.05) is 19.0 Å². The molecule has 0 spiro atoms. The van der Waals surface area contributed by atoms with Gasteiger partial charge in [-0.3, -0.25) is 9.59 Å². The molecule has 1 heterocycles. The van der Waals surface area contributed by atoms with Crippen molar-refractivity contribution in [1.82, 2.24) is 15.5 Å². The fourth-order valence-electron chi connectivity index (χ4n) is 2.87. The average molecular weight is 387 g/mol. The third-order valence-corrected chi connectivity index (χ3v) is 4.43. The topological polar surface area (TPSA) is 79.9 Å². The van der Waals surface area contributed by atoms with Gasteiger partial charge in [-0.05, 0) is 49.5 Å². The number of benzene rings is 2. The van der Waals surface area contributed by atoms with Crippen molar-refractivity contribution in [2.75, 3.05) is 27.4 Å². The van der Waals surface area contributed by atoms with Crippen LogP contribution in [0, 0.1) is 5.82 Å². The van der Waals surface area contributed by atoms with Gasteiger partial charge >= 0.3 is 11.8 Å². The Labute approximate surface area is 162 Å². The Morgan fingerprint density at radius 3 is 2.43 bits per heavy atom. The van der Waals surface area contributed by atoms with Crippen molar-refractivity contribution in [2.45, 2.75) is 12.6 Å². The zero-order chi connectivity index (χ0) is 20.1. The van der Waals surface area contributed by atoms with Crippen LogP contribution >= 0.6 is 0 Å². The molecule has 0 saturated heterocycles. The Kier molecular flexibility index (Phi) is 6.10. The van der Waals surface area contributed by atoms with E-state index in [0.717, 1.165) is 11.1 Å². The van der Waals surface area contributed by atoms with E-state index in [1.165, 1.54) is 12.1 Å². The molecule has 1 aliphatic heterocycles. The van der Waals surface area contributed by atoms with E-state index in [1.54, 1.807) is 30.3 Å². The molecule has 2 aromatic carbocycles. The van der Waals surface area contributed by atoms with Gasteiger partial charge in [0.15, 0.2) is 11.5 Å². The number of nitrogens with one attached hydrogen (secondary N) is 2. The summed E-state index contributed by atoms with van der Waals surface area (Å²) in [5.74, 6) is -0.509. The molecule has 1 aliphatic rings. The van der Waals surface area contributed by atoms with E-state index < -0.39 is 11.8 Å². The van der Waals surface area contributed by atoms with E-state index in [2.05, 4.69) is 10.6 Å². The van der Waals surface area contributed by atoms with Crippen LogP contribution in [0.2, 0.25) is 0 Å². The maximum atomic E-state index is 13.1. The Morgan fingerprint density at radius 2 is 1.71 bits per heavy atom. The largest absolute Gasteiger partial charge is 0.454 e. The molecule has 2 aromatic rings. The number of ether oxygens (including phenoxy) is 2. The fraction of sp³-hybridized carbons (Fsp3) is 0.300. The predicted molar refractivity (Wildman–Crippen MR) is 100 cm³/mol. The summed E-state index contributed by atoms with van der Waals surface area (Å²) in [5, 5.41) is 5.20. The maximum absolute atomic E-state index is 13.1. The second-order valence-corrected chi connectivity index (χ2v) is 6.61. The molecule has 7 nitrogen and oxygen atoms in total. The highest BCUT2D eigenvalue weighted by Gasteiger charge is 2.19. The molecule has 2 amide bonds. The predicted octanol–water partition coefficient (Wildman–Crippen LogP) is 1.59. The van der Waals surface area contributed by atoms with Gasteiger partial charge in [0.2, 0.25) is 6.79 Å². The quantitative estimate of drug-likeness (QED) is 0.736. The van der Waals surface area contributed by atoms with E-state index in [4.69, 9.17) is 9.47 Å². The lowest BCUT2D eigenvalue weighted by atomic mass is 10.1. The smallest absolute Gasteiger partial charge is 0.309 e. The summed E-state index contributed by atoms with van der Waals surface area (Å²) in [5.41, 5.74) is 1.63. The van der Waals surface area contributed by atoms with Gasteiger partial charge in [0.25, 0.3) is 0 Å². The normalized spacial score (nSPS) is 13.3. The number of fused-ring (bicyclic) bond motifs is 1. The average Bonchev–Trinajstić information content (AvgIpc) is 3.15. The number of halogens is 1. The molecule has 0 aromatic heterocycles. The lowest BCUT2D eigenvalue weighted by Gasteiger charge is -2.25. The van der Waals surface area contributed by atoms with Crippen LogP contribution in [0.3, 0.4) is 0 Å². The molecule has 8 heteroatoms. The van der Waals surface area contributed by atoms with Gasteiger partial charge in [-0.1, -0.05) is 18.2 Å². The maximum Gasteiger partial charge on any atom is 0.309 e. The van der Waals surface area contributed by atoms with Crippen molar-refractivity contribution in [3.8, 4) is 11.5 Å². The van der Waals surface area contributed by atoms with E-state index in [-0.39, 0.29) is 31.7 Å². The summed E-state index contributed by atoms with van der Waals surface area (Å²) in [4.78, 5) is 26.1. The van der Waals surface area contributed by atoms with Crippen molar-refractivity contribution >= 4 is 11.8 Å². The molecule has 3 rings (SSSR count). The second-order valence-electron chi connectivity index (χ2n) is 6.61. The van der Waals surface area contributed by atoms with Gasteiger partial charge in [-0.15, -0.1) is 0 Å². The number of likely N-dealkylation sites (N-methyl/N-ethyl adjacent to an activating group) is 1. The lowest BCUT2D eigenvalue weighted by Crippen LogP contribution is -2.42. The van der Waals surface area contributed by atoms with Crippen LogP contribution < -0.4 is 20.1 Å². The highest BCUT2D eigenvalue weighted by Crippen LogP contribution is 2.32. The number of hydrogen-bond acceptors (Lipinski definition) is 5. The van der Waals surface area contributed by atoms with E-state index >= 15 is 0 Å². The summed E-state index contributed by atoms with van der Waals surface area (Å²) in [6.45, 7) is 0.585. The molecule has 0 radical (unpaired) electrons. The number of rotatable bonds is 6. The van der Waals surface area contributed by atoms with E-state index in [0.29, 0.717) is 11.5 Å². The van der Waals surface area contributed by atoms with Crippen molar-refractivity contribution in [1.29, 1.82) is 0 Å². The van der Waals surface area contributed by atoms with Crippen molar-refractivity contribution in [3.63, 3.8) is 0 Å². The standard InChI is InChI=1S/C20H22FN3O4/c1-24(2)16(14-4-6-15(21)7-5-14)11-23-20(26)19(25)22-10-13-3-8-17-18(9-13)28-12-27-17/h3-9,16H,10-12H2,1-2H3,(H,22,25)(H,23,26)/t16-/m0/s1. The first-order valence-corrected chi connectivity index (χ1v) is 8.80. The van der Waals surface area contributed by atoms with Gasteiger partial charge < -0.3 is 25.0 Å². The monoisotopic (exact) mass is 387 g/mol. The highest BCUT2D eigenvalue weighted by atomic mass is 19.1. The minimum Gasteiger partial charge on any atom is -0.454 e. The molecule has 0 saturated carbocycles. The zero-order valence-corrected chi connectivity index (χ0v) is 15.7. The molecule has 148 valence electrons. The Bertz CT molecular complexity index is 855. The summed E-state index contributed by atoms with van der Waals surface area (Å²) in [6.07, 6.45) is 0. The van der Waals surface area contributed by atoms with Gasteiger partial charge in [0, 0.05) is 13.1 Å². The third-order valence-electron chi connectivity index (χ3n) is 4.43. The van der Waals surface area contributed by atoms with Gasteiger partial charge in [0.1, 0.15) is 5.82 Å². The summed E-state index contributed by atoms with van der Waals surface area (Å²) < 4.78 is 23.6. The van der Waals surface area contributed by atoms with Crippen LogP contribution in [0.4, 0.5) is 4.39 Å². The van der Waals surface area contributed by atoms with Crippen molar-refractivity contribution in [3.05, 3.63) is 59.4 Å². The van der Waals surface area contributed by atoms with Crippen LogP contribution in [0.5, 0.6) is 11.5 Å². The SMILES string of the molecule is CN(C)[C@@H](CNC(=O)C(=O)NCc1ccc2c(c1)OCO2)c1ccc(F)cc1. The zero-order valence-electron chi connectivity index (χ0n) is 15.7.